The zero-order valence-electron chi connectivity index (χ0n) is 12.3. The van der Waals surface area contributed by atoms with Crippen molar-refractivity contribution in [2.45, 2.75) is 44.9 Å². The van der Waals surface area contributed by atoms with E-state index >= 15 is 0 Å². The number of amides is 2. The van der Waals surface area contributed by atoms with Crippen molar-refractivity contribution in [3.63, 3.8) is 0 Å². The molecule has 2 fully saturated rings. The molecule has 0 bridgehead atoms. The molecule has 2 heterocycles. The minimum atomic E-state index is 0.0951. The highest BCUT2D eigenvalue weighted by Crippen LogP contribution is 2.17. The summed E-state index contributed by atoms with van der Waals surface area (Å²) in [4.78, 5) is 25.4. The molecular formula is C15H27N3O2. The topological polar surface area (TPSA) is 61.4 Å². The quantitative estimate of drug-likeness (QED) is 0.760. The number of nitrogens with one attached hydrogen (secondary N) is 2. The summed E-state index contributed by atoms with van der Waals surface area (Å²) in [6.45, 7) is 4.43. The molecular weight excluding hydrogens is 254 g/mol. The second-order valence-corrected chi connectivity index (χ2v) is 5.92. The molecule has 0 atom stereocenters. The summed E-state index contributed by atoms with van der Waals surface area (Å²) in [5.74, 6) is 0.965. The Labute approximate surface area is 121 Å². The third kappa shape index (κ3) is 5.12. The van der Waals surface area contributed by atoms with E-state index in [1.165, 1.54) is 12.8 Å². The van der Waals surface area contributed by atoms with Crippen molar-refractivity contribution in [1.82, 2.24) is 15.5 Å². The second-order valence-electron chi connectivity index (χ2n) is 5.92. The molecule has 20 heavy (non-hydrogen) atoms. The summed E-state index contributed by atoms with van der Waals surface area (Å²) in [7, 11) is 0. The van der Waals surface area contributed by atoms with Crippen LogP contribution in [0.25, 0.3) is 0 Å². The van der Waals surface area contributed by atoms with Crippen molar-refractivity contribution in [1.29, 1.82) is 0 Å². The average Bonchev–Trinajstić information content (AvgIpc) is 3.00. The van der Waals surface area contributed by atoms with E-state index < -0.39 is 0 Å². The van der Waals surface area contributed by atoms with Crippen LogP contribution >= 0.6 is 0 Å². The Balaban J connectivity index is 1.52. The zero-order valence-corrected chi connectivity index (χ0v) is 12.3. The fourth-order valence-corrected chi connectivity index (χ4v) is 3.03. The Kier molecular flexibility index (Phi) is 6.30. The molecule has 0 aromatic heterocycles. The highest BCUT2D eigenvalue weighted by Gasteiger charge is 2.18. The van der Waals surface area contributed by atoms with Crippen molar-refractivity contribution in [3.05, 3.63) is 0 Å². The smallest absolute Gasteiger partial charge is 0.224 e. The van der Waals surface area contributed by atoms with Crippen LogP contribution in [0.2, 0.25) is 0 Å². The van der Waals surface area contributed by atoms with Gasteiger partial charge in [-0.1, -0.05) is 0 Å². The Morgan fingerprint density at radius 1 is 1.10 bits per heavy atom. The molecule has 114 valence electrons. The molecule has 2 rings (SSSR count). The van der Waals surface area contributed by atoms with Crippen LogP contribution in [0, 0.1) is 5.92 Å². The van der Waals surface area contributed by atoms with Crippen molar-refractivity contribution < 1.29 is 9.59 Å². The monoisotopic (exact) mass is 281 g/mol. The van der Waals surface area contributed by atoms with Crippen LogP contribution in [0.5, 0.6) is 0 Å². The van der Waals surface area contributed by atoms with Crippen LogP contribution in [-0.4, -0.2) is 49.4 Å². The van der Waals surface area contributed by atoms with E-state index in [2.05, 4.69) is 10.6 Å². The normalized spacial score (nSPS) is 20.1. The standard InChI is InChI=1S/C15H27N3O2/c19-14(4-3-13-5-8-16-9-6-13)17-10-7-15(20)18-11-1-2-12-18/h13,16H,1-12H2,(H,17,19). The van der Waals surface area contributed by atoms with E-state index in [1.54, 1.807) is 0 Å². The number of carbonyl (C=O) groups is 2. The summed E-state index contributed by atoms with van der Waals surface area (Å²) in [5.41, 5.74) is 0. The lowest BCUT2D eigenvalue weighted by atomic mass is 9.93. The highest BCUT2D eigenvalue weighted by atomic mass is 16.2. The van der Waals surface area contributed by atoms with Gasteiger partial charge >= 0.3 is 0 Å². The van der Waals surface area contributed by atoms with Crippen LogP contribution in [0.15, 0.2) is 0 Å². The van der Waals surface area contributed by atoms with Gasteiger partial charge in [0.2, 0.25) is 11.8 Å². The molecule has 5 heteroatoms. The van der Waals surface area contributed by atoms with Crippen LogP contribution in [-0.2, 0) is 9.59 Å². The largest absolute Gasteiger partial charge is 0.356 e. The van der Waals surface area contributed by atoms with E-state index in [0.29, 0.717) is 25.3 Å². The first kappa shape index (κ1) is 15.3. The lowest BCUT2D eigenvalue weighted by Crippen LogP contribution is -2.33. The summed E-state index contributed by atoms with van der Waals surface area (Å²) >= 11 is 0. The summed E-state index contributed by atoms with van der Waals surface area (Å²) in [6.07, 6.45) is 6.62. The number of piperidine rings is 1. The average molecular weight is 281 g/mol. The number of hydrogen-bond acceptors (Lipinski definition) is 3. The molecule has 2 amide bonds. The van der Waals surface area contributed by atoms with Gasteiger partial charge in [0.1, 0.15) is 0 Å². The van der Waals surface area contributed by atoms with Crippen molar-refractivity contribution in [2.24, 2.45) is 5.92 Å². The first-order chi connectivity index (χ1) is 9.75. The molecule has 2 saturated heterocycles. The molecule has 0 radical (unpaired) electrons. The van der Waals surface area contributed by atoms with Crippen LogP contribution < -0.4 is 10.6 Å². The van der Waals surface area contributed by atoms with E-state index in [-0.39, 0.29) is 11.8 Å². The van der Waals surface area contributed by atoms with Crippen molar-refractivity contribution in [3.8, 4) is 0 Å². The van der Waals surface area contributed by atoms with Gasteiger partial charge in [0, 0.05) is 32.5 Å². The molecule has 2 N–H and O–H groups in total. The first-order valence-electron chi connectivity index (χ1n) is 8.01. The fourth-order valence-electron chi connectivity index (χ4n) is 3.03. The van der Waals surface area contributed by atoms with Crippen molar-refractivity contribution in [2.75, 3.05) is 32.7 Å². The first-order valence-corrected chi connectivity index (χ1v) is 8.01. The number of hydrogen-bond donors (Lipinski definition) is 2. The van der Waals surface area contributed by atoms with Gasteiger partial charge in [-0.25, -0.2) is 0 Å². The van der Waals surface area contributed by atoms with Crippen molar-refractivity contribution >= 4 is 11.8 Å². The summed E-state index contributed by atoms with van der Waals surface area (Å²) in [6, 6.07) is 0. The fraction of sp³-hybridized carbons (Fsp3) is 0.867. The predicted octanol–water partition coefficient (Wildman–Crippen LogP) is 0.895. The third-order valence-corrected chi connectivity index (χ3v) is 4.36. The number of likely N-dealkylation sites (tertiary alicyclic amines) is 1. The van der Waals surface area contributed by atoms with Gasteiger partial charge in [0.25, 0.3) is 0 Å². The van der Waals surface area contributed by atoms with Gasteiger partial charge in [-0.15, -0.1) is 0 Å². The van der Waals surface area contributed by atoms with Gasteiger partial charge in [-0.05, 0) is 51.1 Å². The lowest BCUT2D eigenvalue weighted by Gasteiger charge is -2.22. The molecule has 2 aliphatic rings. The summed E-state index contributed by atoms with van der Waals surface area (Å²) in [5, 5.41) is 6.21. The van der Waals surface area contributed by atoms with Gasteiger partial charge in [-0.2, -0.15) is 0 Å². The maximum Gasteiger partial charge on any atom is 0.224 e. The van der Waals surface area contributed by atoms with Gasteiger partial charge in [-0.3, -0.25) is 9.59 Å². The predicted molar refractivity (Wildman–Crippen MR) is 78.3 cm³/mol. The SMILES string of the molecule is O=C(CCC1CCNCC1)NCCC(=O)N1CCCC1. The zero-order chi connectivity index (χ0) is 14.2. The van der Waals surface area contributed by atoms with Crippen LogP contribution in [0.4, 0.5) is 0 Å². The number of nitrogens with zero attached hydrogens (tertiary/aromatic N) is 1. The Bertz CT molecular complexity index is 321. The minimum absolute atomic E-state index is 0.0951. The minimum Gasteiger partial charge on any atom is -0.356 e. The summed E-state index contributed by atoms with van der Waals surface area (Å²) < 4.78 is 0. The Morgan fingerprint density at radius 3 is 2.50 bits per heavy atom. The maximum atomic E-state index is 11.8. The molecule has 0 saturated carbocycles. The molecule has 5 nitrogen and oxygen atoms in total. The van der Waals surface area contributed by atoms with Gasteiger partial charge in [0.05, 0.1) is 0 Å². The van der Waals surface area contributed by atoms with E-state index in [0.717, 1.165) is 45.4 Å². The molecule has 0 aliphatic carbocycles. The lowest BCUT2D eigenvalue weighted by molar-refractivity contribution is -0.130. The highest BCUT2D eigenvalue weighted by molar-refractivity contribution is 5.79. The van der Waals surface area contributed by atoms with E-state index in [4.69, 9.17) is 0 Å². The number of carbonyl (C=O) groups excluding carboxylic acids is 2. The second kappa shape index (κ2) is 8.25. The molecule has 0 aromatic rings. The molecule has 0 unspecified atom stereocenters. The van der Waals surface area contributed by atoms with E-state index in [1.807, 2.05) is 4.90 Å². The Morgan fingerprint density at radius 2 is 1.80 bits per heavy atom. The molecule has 0 aromatic carbocycles. The van der Waals surface area contributed by atoms with E-state index in [9.17, 15) is 9.59 Å². The number of rotatable bonds is 6. The maximum absolute atomic E-state index is 11.8. The van der Waals surface area contributed by atoms with Gasteiger partial charge < -0.3 is 15.5 Å². The Hall–Kier alpha value is -1.10. The molecule has 2 aliphatic heterocycles. The third-order valence-electron chi connectivity index (χ3n) is 4.36. The molecule has 0 spiro atoms. The van der Waals surface area contributed by atoms with Gasteiger partial charge in [0.15, 0.2) is 0 Å². The van der Waals surface area contributed by atoms with Crippen LogP contribution in [0.3, 0.4) is 0 Å². The van der Waals surface area contributed by atoms with Crippen LogP contribution in [0.1, 0.15) is 44.9 Å².